The van der Waals surface area contributed by atoms with Crippen molar-refractivity contribution in [2.75, 3.05) is 13.1 Å². The van der Waals surface area contributed by atoms with Crippen LogP contribution in [0.25, 0.3) is 0 Å². The molecule has 0 unspecified atom stereocenters. The second-order valence-electron chi connectivity index (χ2n) is 4.11. The van der Waals surface area contributed by atoms with Crippen LogP contribution in [-0.4, -0.2) is 36.9 Å². The van der Waals surface area contributed by atoms with Gasteiger partial charge in [-0.25, -0.2) is 0 Å². The van der Waals surface area contributed by atoms with Crippen LogP contribution in [0.2, 0.25) is 0 Å². The van der Waals surface area contributed by atoms with Crippen LogP contribution >= 0.6 is 0 Å². The van der Waals surface area contributed by atoms with Gasteiger partial charge in [0.05, 0.1) is 6.54 Å². The fourth-order valence-corrected chi connectivity index (χ4v) is 1.44. The van der Waals surface area contributed by atoms with Crippen LogP contribution in [0.15, 0.2) is 0 Å². The van der Waals surface area contributed by atoms with Gasteiger partial charge in [-0.1, -0.05) is 13.8 Å². The quantitative estimate of drug-likeness (QED) is 0.524. The number of rotatable bonds is 1. The molecule has 6 heteroatoms. The molecule has 0 aliphatic carbocycles. The van der Waals surface area contributed by atoms with Crippen molar-refractivity contribution in [3.05, 3.63) is 0 Å². The van der Waals surface area contributed by atoms with Gasteiger partial charge in [-0.05, 0) is 5.92 Å². The van der Waals surface area contributed by atoms with E-state index in [-0.39, 0.29) is 36.6 Å². The second-order valence-corrected chi connectivity index (χ2v) is 4.11. The molecule has 0 aromatic heterocycles. The molecule has 90 valence electrons. The van der Waals surface area contributed by atoms with Crippen LogP contribution in [0.3, 0.4) is 0 Å². The van der Waals surface area contributed by atoms with Crippen molar-refractivity contribution in [3.8, 4) is 0 Å². The summed E-state index contributed by atoms with van der Waals surface area (Å²) in [5.41, 5.74) is 0. The summed E-state index contributed by atoms with van der Waals surface area (Å²) in [5, 5.41) is 7.67. The summed E-state index contributed by atoms with van der Waals surface area (Å²) < 4.78 is 0. The number of amides is 3. The van der Waals surface area contributed by atoms with Crippen LogP contribution in [-0.2, 0) is 14.4 Å². The normalized spacial score (nSPS) is 23.4. The SMILES string of the molecule is CC(C)[C@@H]1NC(=O)CCNC(=O)CNC1=O. The standard InChI is InChI=1S/C10H17N3O3/c1-6(2)9-10(16)12-5-8(15)11-4-3-7(14)13-9/h6,9H,3-5H2,1-2H3,(H,11,15)(H,12,16)(H,13,14)/t9-/m0/s1. The molecule has 0 spiro atoms. The molecule has 1 fully saturated rings. The van der Waals surface area contributed by atoms with E-state index in [1.807, 2.05) is 13.8 Å². The van der Waals surface area contributed by atoms with Gasteiger partial charge in [0.1, 0.15) is 6.04 Å². The third kappa shape index (κ3) is 3.52. The zero-order chi connectivity index (χ0) is 12.1. The maximum Gasteiger partial charge on any atom is 0.243 e. The van der Waals surface area contributed by atoms with E-state index in [1.165, 1.54) is 0 Å². The summed E-state index contributed by atoms with van der Waals surface area (Å²) in [6.07, 6.45) is 0.197. The number of carbonyl (C=O) groups is 3. The minimum absolute atomic E-state index is 0.00793. The maximum atomic E-state index is 11.7. The molecule has 0 bridgehead atoms. The van der Waals surface area contributed by atoms with E-state index in [9.17, 15) is 14.4 Å². The van der Waals surface area contributed by atoms with Crippen LogP contribution in [0.4, 0.5) is 0 Å². The predicted octanol–water partition coefficient (Wildman–Crippen LogP) is -1.24. The predicted molar refractivity (Wildman–Crippen MR) is 57.4 cm³/mol. The average Bonchev–Trinajstić information content (AvgIpc) is 2.21. The van der Waals surface area contributed by atoms with Crippen molar-refractivity contribution < 1.29 is 14.4 Å². The summed E-state index contributed by atoms with van der Waals surface area (Å²) in [4.78, 5) is 34.3. The van der Waals surface area contributed by atoms with Crippen molar-refractivity contribution in [2.24, 2.45) is 5.92 Å². The lowest BCUT2D eigenvalue weighted by molar-refractivity contribution is -0.132. The van der Waals surface area contributed by atoms with Gasteiger partial charge < -0.3 is 16.0 Å². The van der Waals surface area contributed by atoms with E-state index in [0.29, 0.717) is 6.54 Å². The first-order valence-corrected chi connectivity index (χ1v) is 5.34. The monoisotopic (exact) mass is 227 g/mol. The molecular weight excluding hydrogens is 210 g/mol. The van der Waals surface area contributed by atoms with Crippen LogP contribution < -0.4 is 16.0 Å². The van der Waals surface area contributed by atoms with E-state index in [4.69, 9.17) is 0 Å². The first kappa shape index (κ1) is 12.5. The second kappa shape index (κ2) is 5.48. The van der Waals surface area contributed by atoms with Crippen LogP contribution in [0.1, 0.15) is 20.3 Å². The zero-order valence-corrected chi connectivity index (χ0v) is 9.50. The molecule has 3 N–H and O–H groups in total. The molecule has 0 radical (unpaired) electrons. The third-order valence-corrected chi connectivity index (χ3v) is 2.36. The van der Waals surface area contributed by atoms with Crippen molar-refractivity contribution in [2.45, 2.75) is 26.3 Å². The van der Waals surface area contributed by atoms with Gasteiger partial charge in [0, 0.05) is 13.0 Å². The maximum absolute atomic E-state index is 11.7. The molecule has 1 aliphatic heterocycles. The Bertz CT molecular complexity index is 302. The minimum atomic E-state index is -0.571. The van der Waals surface area contributed by atoms with Gasteiger partial charge in [-0.3, -0.25) is 14.4 Å². The van der Waals surface area contributed by atoms with E-state index >= 15 is 0 Å². The lowest BCUT2D eigenvalue weighted by Crippen LogP contribution is -2.53. The van der Waals surface area contributed by atoms with Gasteiger partial charge in [0.15, 0.2) is 0 Å². The highest BCUT2D eigenvalue weighted by Gasteiger charge is 2.25. The van der Waals surface area contributed by atoms with E-state index in [1.54, 1.807) is 0 Å². The summed E-state index contributed by atoms with van der Waals surface area (Å²) in [6.45, 7) is 3.94. The smallest absolute Gasteiger partial charge is 0.243 e. The first-order valence-electron chi connectivity index (χ1n) is 5.34. The van der Waals surface area contributed by atoms with Gasteiger partial charge >= 0.3 is 0 Å². The van der Waals surface area contributed by atoms with E-state index in [0.717, 1.165) is 0 Å². The van der Waals surface area contributed by atoms with Crippen molar-refractivity contribution in [1.82, 2.24) is 16.0 Å². The Hall–Kier alpha value is -1.59. The Morgan fingerprint density at radius 2 is 1.81 bits per heavy atom. The molecule has 6 nitrogen and oxygen atoms in total. The molecule has 1 saturated heterocycles. The molecule has 16 heavy (non-hydrogen) atoms. The van der Waals surface area contributed by atoms with Gasteiger partial charge in [-0.15, -0.1) is 0 Å². The third-order valence-electron chi connectivity index (χ3n) is 2.36. The Balaban J connectivity index is 2.71. The van der Waals surface area contributed by atoms with Gasteiger partial charge in [-0.2, -0.15) is 0 Å². The van der Waals surface area contributed by atoms with Crippen molar-refractivity contribution in [1.29, 1.82) is 0 Å². The fraction of sp³-hybridized carbons (Fsp3) is 0.700. The molecule has 1 aliphatic rings. The Morgan fingerprint density at radius 1 is 1.12 bits per heavy atom. The number of carbonyl (C=O) groups excluding carboxylic acids is 3. The van der Waals surface area contributed by atoms with Gasteiger partial charge in [0.25, 0.3) is 0 Å². The van der Waals surface area contributed by atoms with Crippen molar-refractivity contribution >= 4 is 17.7 Å². The molecule has 0 aromatic rings. The highest BCUT2D eigenvalue weighted by Crippen LogP contribution is 2.02. The highest BCUT2D eigenvalue weighted by atomic mass is 16.2. The molecule has 0 aromatic carbocycles. The number of nitrogens with one attached hydrogen (secondary N) is 3. The molecule has 1 rings (SSSR count). The van der Waals surface area contributed by atoms with E-state index in [2.05, 4.69) is 16.0 Å². The Labute approximate surface area is 94.2 Å². The summed E-state index contributed by atoms with van der Waals surface area (Å²) in [7, 11) is 0. The summed E-state index contributed by atoms with van der Waals surface area (Å²) in [6, 6.07) is -0.571. The topological polar surface area (TPSA) is 87.3 Å². The Morgan fingerprint density at radius 3 is 2.44 bits per heavy atom. The minimum Gasteiger partial charge on any atom is -0.354 e. The lowest BCUT2D eigenvalue weighted by Gasteiger charge is -2.22. The molecule has 3 amide bonds. The zero-order valence-electron chi connectivity index (χ0n) is 9.50. The summed E-state index contributed by atoms with van der Waals surface area (Å²) in [5.74, 6) is -0.826. The van der Waals surface area contributed by atoms with E-state index < -0.39 is 6.04 Å². The Kier molecular flexibility index (Phi) is 4.28. The molecule has 1 heterocycles. The van der Waals surface area contributed by atoms with Crippen LogP contribution in [0, 0.1) is 5.92 Å². The number of hydrogen-bond acceptors (Lipinski definition) is 3. The molecule has 1 atom stereocenters. The highest BCUT2D eigenvalue weighted by molar-refractivity contribution is 5.91. The molecular formula is C10H17N3O3. The molecule has 0 saturated carbocycles. The van der Waals surface area contributed by atoms with Gasteiger partial charge in [0.2, 0.25) is 17.7 Å². The van der Waals surface area contributed by atoms with Crippen molar-refractivity contribution in [3.63, 3.8) is 0 Å². The lowest BCUT2D eigenvalue weighted by atomic mass is 10.0. The average molecular weight is 227 g/mol. The summed E-state index contributed by atoms with van der Waals surface area (Å²) >= 11 is 0. The fourth-order valence-electron chi connectivity index (χ4n) is 1.44. The van der Waals surface area contributed by atoms with Crippen LogP contribution in [0.5, 0.6) is 0 Å². The first-order chi connectivity index (χ1) is 7.50. The largest absolute Gasteiger partial charge is 0.354 e. The number of hydrogen-bond donors (Lipinski definition) is 3.